The van der Waals surface area contributed by atoms with Crippen LogP contribution in [0, 0.1) is 17.5 Å². The molecule has 104 valence electrons. The van der Waals surface area contributed by atoms with Gasteiger partial charge in [0.1, 0.15) is 0 Å². The maximum absolute atomic E-state index is 3.59. The van der Waals surface area contributed by atoms with Gasteiger partial charge >= 0.3 is 0 Å². The van der Waals surface area contributed by atoms with Crippen LogP contribution in [0.5, 0.6) is 0 Å². The van der Waals surface area contributed by atoms with Gasteiger partial charge < -0.3 is 0 Å². The summed E-state index contributed by atoms with van der Waals surface area (Å²) in [6.45, 7) is 11.5. The first-order valence-electron chi connectivity index (χ1n) is 7.28. The van der Waals surface area contributed by atoms with Crippen molar-refractivity contribution in [3.8, 4) is 11.1 Å². The van der Waals surface area contributed by atoms with Crippen molar-refractivity contribution in [3.63, 3.8) is 0 Å². The molecule has 0 atom stereocenters. The molecule has 0 saturated carbocycles. The summed E-state index contributed by atoms with van der Waals surface area (Å²) in [5.41, 5.74) is 3.96. The highest BCUT2D eigenvalue weighted by atomic mass is 14.3. The van der Waals surface area contributed by atoms with Gasteiger partial charge in [0.05, 0.1) is 0 Å². The van der Waals surface area contributed by atoms with Crippen LogP contribution < -0.4 is 0 Å². The zero-order chi connectivity index (χ0) is 14.8. The second-order valence-electron chi connectivity index (χ2n) is 7.38. The van der Waals surface area contributed by atoms with E-state index in [1.165, 1.54) is 5.56 Å². The number of benzene rings is 2. The third kappa shape index (κ3) is 3.72. The summed E-state index contributed by atoms with van der Waals surface area (Å²) in [5.74, 6) is 0. The normalized spacial score (nSPS) is 12.4. The molecule has 0 spiro atoms. The highest BCUT2D eigenvalue weighted by Crippen LogP contribution is 2.37. The minimum Gasteiger partial charge on any atom is -0.0616 e. The van der Waals surface area contributed by atoms with E-state index in [9.17, 15) is 0 Å². The molecule has 2 aromatic rings. The van der Waals surface area contributed by atoms with Crippen molar-refractivity contribution in [2.75, 3.05) is 0 Å². The molecule has 2 rings (SSSR count). The summed E-state index contributed by atoms with van der Waals surface area (Å²) in [7, 11) is 0. The van der Waals surface area contributed by atoms with Crippen molar-refractivity contribution < 1.29 is 0 Å². The fourth-order valence-electron chi connectivity index (χ4n) is 3.00. The Morgan fingerprint density at radius 2 is 1.55 bits per heavy atom. The highest BCUT2D eigenvalue weighted by molar-refractivity contribution is 5.63. The lowest BCUT2D eigenvalue weighted by molar-refractivity contribution is 0.284. The minimum atomic E-state index is 0.128. The van der Waals surface area contributed by atoms with Crippen LogP contribution in [-0.2, 0) is 5.41 Å². The van der Waals surface area contributed by atoms with Crippen molar-refractivity contribution in [3.05, 3.63) is 60.2 Å². The van der Waals surface area contributed by atoms with Crippen molar-refractivity contribution in [2.24, 2.45) is 5.41 Å². The summed E-state index contributed by atoms with van der Waals surface area (Å²) in [4.78, 5) is 0. The van der Waals surface area contributed by atoms with Crippen LogP contribution in [0.15, 0.2) is 42.5 Å². The largest absolute Gasteiger partial charge is 0.0616 e. The molecule has 0 aliphatic carbocycles. The van der Waals surface area contributed by atoms with Crippen LogP contribution in [0.25, 0.3) is 11.1 Å². The van der Waals surface area contributed by atoms with E-state index in [-0.39, 0.29) is 5.41 Å². The molecule has 0 nitrogen and oxygen atoms in total. The molecule has 0 aliphatic rings. The van der Waals surface area contributed by atoms with Crippen molar-refractivity contribution in [2.45, 2.75) is 46.5 Å². The molecule has 0 bridgehead atoms. The minimum absolute atomic E-state index is 0.128. The van der Waals surface area contributed by atoms with Crippen LogP contribution in [0.4, 0.5) is 0 Å². The first-order chi connectivity index (χ1) is 9.28. The SMILES string of the molecule is CC(C)(C)CC(C)(C)c1[c]c(-c2[c]cccc2)ccc1. The van der Waals surface area contributed by atoms with Crippen LogP contribution in [0.1, 0.15) is 46.6 Å². The van der Waals surface area contributed by atoms with E-state index >= 15 is 0 Å². The fraction of sp³-hybridized carbons (Fsp3) is 0.400. The first-order valence-corrected chi connectivity index (χ1v) is 7.28. The molecule has 0 saturated heterocycles. The molecule has 2 aromatic carbocycles. The average Bonchev–Trinajstić information content (AvgIpc) is 2.37. The zero-order valence-corrected chi connectivity index (χ0v) is 13.2. The molecule has 0 unspecified atom stereocenters. The molecule has 0 fully saturated rings. The summed E-state index contributed by atoms with van der Waals surface area (Å²) in [6.07, 6.45) is 1.14. The van der Waals surface area contributed by atoms with Crippen molar-refractivity contribution >= 4 is 0 Å². The van der Waals surface area contributed by atoms with E-state index in [1.807, 2.05) is 18.2 Å². The predicted octanol–water partition coefficient (Wildman–Crippen LogP) is 5.67. The molecule has 0 heterocycles. The summed E-state index contributed by atoms with van der Waals surface area (Å²) in [6, 6.07) is 21.4. The van der Waals surface area contributed by atoms with Crippen molar-refractivity contribution in [1.29, 1.82) is 0 Å². The summed E-state index contributed by atoms with van der Waals surface area (Å²) >= 11 is 0. The van der Waals surface area contributed by atoms with E-state index in [1.54, 1.807) is 0 Å². The third-order valence-corrected chi connectivity index (χ3v) is 3.50. The molecule has 0 N–H and O–H groups in total. The first kappa shape index (κ1) is 14.8. The molecule has 0 amide bonds. The maximum atomic E-state index is 3.59. The Morgan fingerprint density at radius 1 is 0.850 bits per heavy atom. The van der Waals surface area contributed by atoms with Gasteiger partial charge in [-0.1, -0.05) is 77.1 Å². The average molecular weight is 264 g/mol. The Bertz CT molecular complexity index is 556. The quantitative estimate of drug-likeness (QED) is 0.670. The monoisotopic (exact) mass is 264 g/mol. The third-order valence-electron chi connectivity index (χ3n) is 3.50. The number of rotatable bonds is 3. The Labute approximate surface area is 123 Å². The Balaban J connectivity index is 2.35. The van der Waals surface area contributed by atoms with Gasteiger partial charge in [-0.25, -0.2) is 0 Å². The van der Waals surface area contributed by atoms with E-state index in [2.05, 4.69) is 71.0 Å². The van der Waals surface area contributed by atoms with Crippen molar-refractivity contribution in [1.82, 2.24) is 0 Å². The Morgan fingerprint density at radius 3 is 2.15 bits per heavy atom. The predicted molar refractivity (Wildman–Crippen MR) is 86.6 cm³/mol. The topological polar surface area (TPSA) is 0 Å². The van der Waals surface area contributed by atoms with Gasteiger partial charge in [-0.3, -0.25) is 0 Å². The highest BCUT2D eigenvalue weighted by Gasteiger charge is 2.27. The van der Waals surface area contributed by atoms with Crippen LogP contribution in [0.3, 0.4) is 0 Å². The van der Waals surface area contributed by atoms with Crippen LogP contribution in [0.2, 0.25) is 0 Å². The molecule has 20 heavy (non-hydrogen) atoms. The van der Waals surface area contributed by atoms with Gasteiger partial charge in [0.15, 0.2) is 0 Å². The number of hydrogen-bond acceptors (Lipinski definition) is 0. The second-order valence-corrected chi connectivity index (χ2v) is 7.38. The molecular weight excluding hydrogens is 240 g/mol. The Kier molecular flexibility index (Phi) is 4.04. The van der Waals surface area contributed by atoms with Gasteiger partial charge in [0.2, 0.25) is 0 Å². The standard InChI is InChI=1S/C20H24/c1-19(2,3)15-20(4,5)18-13-9-12-17(14-18)16-10-7-6-8-11-16/h6-10,12-13H,15H2,1-5H3. The molecule has 0 aromatic heterocycles. The molecule has 0 heteroatoms. The van der Waals surface area contributed by atoms with Crippen LogP contribution >= 0.6 is 0 Å². The Hall–Kier alpha value is -1.56. The van der Waals surface area contributed by atoms with E-state index in [4.69, 9.17) is 0 Å². The molecular formula is C20H24. The zero-order valence-electron chi connectivity index (χ0n) is 13.2. The lowest BCUT2D eigenvalue weighted by atomic mass is 9.72. The number of hydrogen-bond donors (Lipinski definition) is 0. The summed E-state index contributed by atoms with van der Waals surface area (Å²) in [5, 5.41) is 0. The second kappa shape index (κ2) is 5.44. The van der Waals surface area contributed by atoms with Crippen LogP contribution in [-0.4, -0.2) is 0 Å². The van der Waals surface area contributed by atoms with Gasteiger partial charge in [-0.15, -0.1) is 0 Å². The molecule has 0 aliphatic heterocycles. The molecule has 2 radical (unpaired) electrons. The summed E-state index contributed by atoms with van der Waals surface area (Å²) < 4.78 is 0. The van der Waals surface area contributed by atoms with Gasteiger partial charge in [-0.2, -0.15) is 0 Å². The smallest absolute Gasteiger partial charge is 0.00584 e. The lowest BCUT2D eigenvalue weighted by Gasteiger charge is -2.33. The van der Waals surface area contributed by atoms with E-state index in [0.717, 1.165) is 17.5 Å². The van der Waals surface area contributed by atoms with Gasteiger partial charge in [0.25, 0.3) is 0 Å². The van der Waals surface area contributed by atoms with E-state index in [0.29, 0.717) is 5.41 Å². The van der Waals surface area contributed by atoms with Gasteiger partial charge in [0, 0.05) is 0 Å². The van der Waals surface area contributed by atoms with E-state index < -0.39 is 0 Å². The fourth-order valence-corrected chi connectivity index (χ4v) is 3.00. The maximum Gasteiger partial charge on any atom is -0.00584 e. The lowest BCUT2D eigenvalue weighted by Crippen LogP contribution is -2.24. The van der Waals surface area contributed by atoms with Gasteiger partial charge in [-0.05, 0) is 46.1 Å².